The van der Waals surface area contributed by atoms with Crippen LogP contribution in [0.25, 0.3) is 0 Å². The van der Waals surface area contributed by atoms with Crippen molar-refractivity contribution in [2.24, 2.45) is 0 Å². The Balaban J connectivity index is 2.30. The van der Waals surface area contributed by atoms with Crippen LogP contribution < -0.4 is 0 Å². The van der Waals surface area contributed by atoms with Crippen LogP contribution in [-0.2, 0) is 14.8 Å². The van der Waals surface area contributed by atoms with E-state index in [1.54, 1.807) is 18.7 Å². The first-order chi connectivity index (χ1) is 9.48. The summed E-state index contributed by atoms with van der Waals surface area (Å²) in [5.74, 6) is 1.02. The number of esters is 1. The Morgan fingerprint density at radius 1 is 1.65 bits per heavy atom. The average Bonchev–Trinajstić information content (AvgIpc) is 3.09. The third kappa shape index (κ3) is 2.84. The van der Waals surface area contributed by atoms with Gasteiger partial charge in [-0.3, -0.25) is 5.10 Å². The molecule has 0 bridgehead atoms. The molecule has 1 atom stereocenters. The minimum Gasteiger partial charge on any atom is -0.462 e. The number of nitrogens with zero attached hydrogens (tertiary/aromatic N) is 2. The van der Waals surface area contributed by atoms with Crippen LogP contribution in [0, 0.1) is 0 Å². The van der Waals surface area contributed by atoms with E-state index in [0.29, 0.717) is 0 Å². The number of carbonyl (C=O) groups excluding carboxylic acids is 1. The number of ether oxygens (including phenoxy) is 1. The first kappa shape index (κ1) is 15.3. The van der Waals surface area contributed by atoms with Crippen molar-refractivity contribution >= 4 is 27.8 Å². The molecule has 9 heteroatoms. The van der Waals surface area contributed by atoms with Gasteiger partial charge in [0.2, 0.25) is 0 Å². The molecule has 0 aliphatic carbocycles. The number of aromatic nitrogens is 2. The van der Waals surface area contributed by atoms with E-state index in [4.69, 9.17) is 4.74 Å². The van der Waals surface area contributed by atoms with E-state index in [-0.39, 0.29) is 23.2 Å². The third-order valence-corrected chi connectivity index (χ3v) is 6.19. The van der Waals surface area contributed by atoms with Crippen molar-refractivity contribution in [2.75, 3.05) is 25.2 Å². The maximum absolute atomic E-state index is 12.5. The molecule has 1 unspecified atom stereocenters. The first-order valence-corrected chi connectivity index (χ1v) is 8.84. The van der Waals surface area contributed by atoms with E-state index in [2.05, 4.69) is 10.2 Å². The average molecular weight is 319 g/mol. The summed E-state index contributed by atoms with van der Waals surface area (Å²) in [6.45, 7) is 1.84. The lowest BCUT2D eigenvalue weighted by atomic mass is 10.3. The zero-order valence-electron chi connectivity index (χ0n) is 11.3. The van der Waals surface area contributed by atoms with Gasteiger partial charge >= 0.3 is 5.97 Å². The van der Waals surface area contributed by atoms with Gasteiger partial charge < -0.3 is 4.74 Å². The molecule has 1 N–H and O–H groups in total. The molecule has 0 saturated carbocycles. The fourth-order valence-electron chi connectivity index (χ4n) is 1.97. The number of thioether (sulfide) groups is 1. The van der Waals surface area contributed by atoms with E-state index in [9.17, 15) is 13.2 Å². The van der Waals surface area contributed by atoms with E-state index in [0.717, 1.165) is 17.9 Å². The summed E-state index contributed by atoms with van der Waals surface area (Å²) in [5.41, 5.74) is -0.0515. The maximum atomic E-state index is 12.5. The predicted molar refractivity (Wildman–Crippen MR) is 75.2 cm³/mol. The zero-order chi connectivity index (χ0) is 14.8. The van der Waals surface area contributed by atoms with Crippen molar-refractivity contribution in [1.29, 1.82) is 0 Å². The van der Waals surface area contributed by atoms with Crippen LogP contribution in [0.15, 0.2) is 11.2 Å². The number of carbonyl (C=O) groups is 1. The van der Waals surface area contributed by atoms with Crippen LogP contribution >= 0.6 is 11.8 Å². The number of sulfonamides is 1. The molecule has 1 aliphatic rings. The number of hydrogen-bond donors (Lipinski definition) is 1. The van der Waals surface area contributed by atoms with Gasteiger partial charge in [-0.25, -0.2) is 13.2 Å². The third-order valence-electron chi connectivity index (χ3n) is 3.16. The molecule has 0 aromatic carbocycles. The van der Waals surface area contributed by atoms with Crippen molar-refractivity contribution < 1.29 is 17.9 Å². The standard InChI is InChI=1S/C11H17N3O4S2/c1-3-18-11(15)9-6-12-13-10(9)20(16,17)14(2)8-4-5-19-7-8/h6,8H,3-5,7H2,1-2H3,(H,12,13). The Hall–Kier alpha value is -1.06. The summed E-state index contributed by atoms with van der Waals surface area (Å²) >= 11 is 1.72. The first-order valence-electron chi connectivity index (χ1n) is 6.24. The topological polar surface area (TPSA) is 92.4 Å². The molecule has 2 rings (SSSR count). The number of nitrogens with one attached hydrogen (secondary N) is 1. The number of hydrogen-bond acceptors (Lipinski definition) is 6. The molecule has 1 fully saturated rings. The Morgan fingerprint density at radius 3 is 3.00 bits per heavy atom. The summed E-state index contributed by atoms with van der Waals surface area (Å²) in [6.07, 6.45) is 1.99. The Bertz CT molecular complexity index is 578. The summed E-state index contributed by atoms with van der Waals surface area (Å²) in [7, 11) is -2.24. The number of aromatic amines is 1. The Morgan fingerprint density at radius 2 is 2.40 bits per heavy atom. The van der Waals surface area contributed by atoms with E-state index in [1.165, 1.54) is 17.5 Å². The molecule has 112 valence electrons. The molecular formula is C11H17N3O4S2. The predicted octanol–water partition coefficient (Wildman–Crippen LogP) is 0.712. The molecule has 1 saturated heterocycles. The van der Waals surface area contributed by atoms with Gasteiger partial charge in [0.05, 0.1) is 12.8 Å². The molecule has 1 aromatic heterocycles. The zero-order valence-corrected chi connectivity index (χ0v) is 13.0. The maximum Gasteiger partial charge on any atom is 0.342 e. The molecule has 0 radical (unpaired) electrons. The van der Waals surface area contributed by atoms with Crippen LogP contribution in [0.2, 0.25) is 0 Å². The van der Waals surface area contributed by atoms with Gasteiger partial charge in [0.15, 0.2) is 5.03 Å². The van der Waals surface area contributed by atoms with Gasteiger partial charge in [0.25, 0.3) is 10.0 Å². The highest BCUT2D eigenvalue weighted by Gasteiger charge is 2.34. The minimum absolute atomic E-state index is 0.0515. The SMILES string of the molecule is CCOC(=O)c1cn[nH]c1S(=O)(=O)N(C)C1CCSC1. The van der Waals surface area contributed by atoms with Gasteiger partial charge in [0, 0.05) is 18.8 Å². The van der Waals surface area contributed by atoms with Crippen LogP contribution in [-0.4, -0.2) is 60.1 Å². The van der Waals surface area contributed by atoms with Crippen LogP contribution in [0.1, 0.15) is 23.7 Å². The molecule has 1 aliphatic heterocycles. The highest BCUT2D eigenvalue weighted by molar-refractivity contribution is 7.99. The second-order valence-electron chi connectivity index (χ2n) is 4.37. The molecule has 0 amide bonds. The normalized spacial score (nSPS) is 19.4. The molecule has 0 spiro atoms. The van der Waals surface area contributed by atoms with Gasteiger partial charge in [0.1, 0.15) is 5.56 Å². The van der Waals surface area contributed by atoms with Crippen molar-refractivity contribution in [2.45, 2.75) is 24.4 Å². The van der Waals surface area contributed by atoms with Crippen molar-refractivity contribution in [3.05, 3.63) is 11.8 Å². The van der Waals surface area contributed by atoms with E-state index < -0.39 is 16.0 Å². The number of H-pyrrole nitrogens is 1. The van der Waals surface area contributed by atoms with Gasteiger partial charge in [-0.05, 0) is 19.1 Å². The Labute approximate surface area is 122 Å². The monoisotopic (exact) mass is 319 g/mol. The van der Waals surface area contributed by atoms with E-state index in [1.807, 2.05) is 0 Å². The van der Waals surface area contributed by atoms with Crippen LogP contribution in [0.4, 0.5) is 0 Å². The molecule has 20 heavy (non-hydrogen) atoms. The smallest absolute Gasteiger partial charge is 0.342 e. The van der Waals surface area contributed by atoms with Gasteiger partial charge in [-0.15, -0.1) is 0 Å². The quantitative estimate of drug-likeness (QED) is 0.804. The van der Waals surface area contributed by atoms with Crippen LogP contribution in [0.3, 0.4) is 0 Å². The fraction of sp³-hybridized carbons (Fsp3) is 0.636. The second kappa shape index (κ2) is 6.15. The van der Waals surface area contributed by atoms with Crippen molar-refractivity contribution in [3.63, 3.8) is 0 Å². The van der Waals surface area contributed by atoms with E-state index >= 15 is 0 Å². The summed E-state index contributed by atoms with van der Waals surface area (Å²) < 4.78 is 31.2. The second-order valence-corrected chi connectivity index (χ2v) is 7.46. The summed E-state index contributed by atoms with van der Waals surface area (Å²) in [6, 6.07) is -0.0525. The highest BCUT2D eigenvalue weighted by Crippen LogP contribution is 2.26. The lowest BCUT2D eigenvalue weighted by Gasteiger charge is -2.22. The minimum atomic E-state index is -3.77. The van der Waals surface area contributed by atoms with Crippen molar-refractivity contribution in [1.82, 2.24) is 14.5 Å². The molecule has 7 nitrogen and oxygen atoms in total. The lowest BCUT2D eigenvalue weighted by Crippen LogP contribution is -2.37. The summed E-state index contributed by atoms with van der Waals surface area (Å²) in [5, 5.41) is 5.87. The Kier molecular flexibility index (Phi) is 4.71. The van der Waals surface area contributed by atoms with Gasteiger partial charge in [-0.2, -0.15) is 21.2 Å². The van der Waals surface area contributed by atoms with Crippen molar-refractivity contribution in [3.8, 4) is 0 Å². The molecular weight excluding hydrogens is 302 g/mol. The number of rotatable bonds is 5. The van der Waals surface area contributed by atoms with Crippen LogP contribution in [0.5, 0.6) is 0 Å². The lowest BCUT2D eigenvalue weighted by molar-refractivity contribution is 0.0521. The summed E-state index contributed by atoms with van der Waals surface area (Å²) in [4.78, 5) is 11.7. The largest absolute Gasteiger partial charge is 0.462 e. The highest BCUT2D eigenvalue weighted by atomic mass is 32.2. The molecule has 2 heterocycles. The fourth-order valence-corrected chi connectivity index (χ4v) is 4.78. The van der Waals surface area contributed by atoms with Gasteiger partial charge in [-0.1, -0.05) is 0 Å². The molecule has 1 aromatic rings.